The van der Waals surface area contributed by atoms with E-state index in [0.29, 0.717) is 25.2 Å². The fourth-order valence-corrected chi connectivity index (χ4v) is 5.16. The summed E-state index contributed by atoms with van der Waals surface area (Å²) in [5.74, 6) is -1.97. The summed E-state index contributed by atoms with van der Waals surface area (Å²) in [4.78, 5) is 12.2. The number of carbonyl (C=O) groups is 1. The van der Waals surface area contributed by atoms with Crippen LogP contribution in [0.3, 0.4) is 0 Å². The lowest BCUT2D eigenvalue weighted by Crippen LogP contribution is -2.43. The lowest BCUT2D eigenvalue weighted by Gasteiger charge is -2.29. The minimum absolute atomic E-state index is 0.0351. The maximum Gasteiger partial charge on any atom is 0.251 e. The highest BCUT2D eigenvalue weighted by Crippen LogP contribution is 2.29. The third kappa shape index (κ3) is 4.89. The van der Waals surface area contributed by atoms with E-state index in [-0.39, 0.29) is 29.2 Å². The molecule has 0 radical (unpaired) electrons. The molecule has 2 aliphatic rings. The second-order valence-corrected chi connectivity index (χ2v) is 9.79. The lowest BCUT2D eigenvalue weighted by molar-refractivity contribution is -0.129. The Morgan fingerprint density at radius 1 is 1.24 bits per heavy atom. The lowest BCUT2D eigenvalue weighted by atomic mass is 9.99. The minimum atomic E-state index is -3.57. The highest BCUT2D eigenvalue weighted by molar-refractivity contribution is 7.89. The van der Waals surface area contributed by atoms with Gasteiger partial charge in [-0.2, -0.15) is 9.57 Å². The second-order valence-electron chi connectivity index (χ2n) is 7.85. The Morgan fingerprint density at radius 3 is 2.55 bits per heavy atom. The first kappa shape index (κ1) is 23.3. The first-order chi connectivity index (χ1) is 15.8. The Morgan fingerprint density at radius 2 is 1.97 bits per heavy atom. The summed E-state index contributed by atoms with van der Waals surface area (Å²) in [7, 11) is -3.57. The van der Waals surface area contributed by atoms with Gasteiger partial charge in [0.25, 0.3) is 5.91 Å². The van der Waals surface area contributed by atoms with Gasteiger partial charge in [0, 0.05) is 31.6 Å². The van der Waals surface area contributed by atoms with Crippen LogP contribution in [0.2, 0.25) is 0 Å². The SMILES string of the molecule is N#C[C@H](Cc1cc(F)c(-c2ccc(S(=O)(=O)N3CCC3)cc2)cc1F)NC(=O)[C@@H]1CNCO1. The molecular formula is C22H22F2N4O4S. The maximum atomic E-state index is 14.8. The second kappa shape index (κ2) is 9.52. The van der Waals surface area contributed by atoms with Crippen LogP contribution in [0.5, 0.6) is 0 Å². The molecule has 0 unspecified atom stereocenters. The number of rotatable bonds is 7. The normalized spacial score (nSPS) is 19.5. The average Bonchev–Trinajstić information content (AvgIpc) is 3.29. The van der Waals surface area contributed by atoms with Crippen molar-refractivity contribution in [3.8, 4) is 17.2 Å². The number of ether oxygens (including phenoxy) is 1. The van der Waals surface area contributed by atoms with Crippen molar-refractivity contribution in [1.29, 1.82) is 5.26 Å². The predicted molar refractivity (Wildman–Crippen MR) is 114 cm³/mol. The van der Waals surface area contributed by atoms with E-state index in [0.717, 1.165) is 18.6 Å². The Balaban J connectivity index is 1.49. The van der Waals surface area contributed by atoms with Gasteiger partial charge in [-0.05, 0) is 41.8 Å². The van der Waals surface area contributed by atoms with Crippen molar-refractivity contribution in [2.75, 3.05) is 26.4 Å². The molecule has 0 spiro atoms. The zero-order chi connectivity index (χ0) is 23.6. The first-order valence-corrected chi connectivity index (χ1v) is 11.8. The van der Waals surface area contributed by atoms with Gasteiger partial charge in [-0.3, -0.25) is 10.1 Å². The minimum Gasteiger partial charge on any atom is -0.352 e. The van der Waals surface area contributed by atoms with Crippen molar-refractivity contribution in [3.63, 3.8) is 0 Å². The molecule has 174 valence electrons. The number of carbonyl (C=O) groups excluding carboxylic acids is 1. The molecule has 33 heavy (non-hydrogen) atoms. The van der Waals surface area contributed by atoms with Crippen LogP contribution < -0.4 is 10.6 Å². The number of nitriles is 1. The molecule has 2 saturated heterocycles. The van der Waals surface area contributed by atoms with E-state index in [1.54, 1.807) is 0 Å². The summed E-state index contributed by atoms with van der Waals surface area (Å²) >= 11 is 0. The summed E-state index contributed by atoms with van der Waals surface area (Å²) in [6, 6.07) is 8.40. The van der Waals surface area contributed by atoms with Crippen molar-refractivity contribution < 1.29 is 26.7 Å². The van der Waals surface area contributed by atoms with Crippen molar-refractivity contribution >= 4 is 15.9 Å². The van der Waals surface area contributed by atoms with Crippen LogP contribution in [0.1, 0.15) is 12.0 Å². The quantitative estimate of drug-likeness (QED) is 0.627. The Bertz CT molecular complexity index is 1190. The average molecular weight is 477 g/mol. The molecule has 2 aliphatic heterocycles. The molecule has 2 atom stereocenters. The number of benzene rings is 2. The highest BCUT2D eigenvalue weighted by Gasteiger charge is 2.29. The molecule has 11 heteroatoms. The van der Waals surface area contributed by atoms with Crippen molar-refractivity contribution in [2.24, 2.45) is 0 Å². The van der Waals surface area contributed by atoms with Gasteiger partial charge in [-0.25, -0.2) is 17.2 Å². The monoisotopic (exact) mass is 476 g/mol. The standard InChI is InChI=1S/C22H22F2N4O4S/c23-19-10-18(14-2-4-17(5-3-14)33(30,31)28-6-1-7-28)20(24)9-15(19)8-16(11-25)27-22(29)21-12-26-13-32-21/h2-5,9-10,16,21,26H,1,6-8,12-13H2,(H,27,29)/t16-,21-/m0/s1. The van der Waals surface area contributed by atoms with Crippen LogP contribution in [0.25, 0.3) is 11.1 Å². The first-order valence-electron chi connectivity index (χ1n) is 10.4. The van der Waals surface area contributed by atoms with Crippen molar-refractivity contribution in [2.45, 2.75) is 29.9 Å². The van der Waals surface area contributed by atoms with Gasteiger partial charge in [0.2, 0.25) is 10.0 Å². The summed E-state index contributed by atoms with van der Waals surface area (Å²) in [6.07, 6.45) is -0.146. The van der Waals surface area contributed by atoms with E-state index in [4.69, 9.17) is 4.74 Å². The van der Waals surface area contributed by atoms with Gasteiger partial charge < -0.3 is 10.1 Å². The molecule has 8 nitrogen and oxygen atoms in total. The largest absolute Gasteiger partial charge is 0.352 e. The van der Waals surface area contributed by atoms with Crippen molar-refractivity contribution in [1.82, 2.24) is 14.9 Å². The van der Waals surface area contributed by atoms with E-state index in [9.17, 15) is 27.3 Å². The van der Waals surface area contributed by atoms with E-state index in [2.05, 4.69) is 10.6 Å². The Labute approximate surface area is 190 Å². The number of halogens is 2. The third-order valence-corrected chi connectivity index (χ3v) is 7.57. The van der Waals surface area contributed by atoms with E-state index >= 15 is 0 Å². The van der Waals surface area contributed by atoms with Gasteiger partial charge in [0.05, 0.1) is 17.7 Å². The molecule has 0 bridgehead atoms. The predicted octanol–water partition coefficient (Wildman–Crippen LogP) is 1.52. The van der Waals surface area contributed by atoms with Crippen LogP contribution in [0.4, 0.5) is 8.78 Å². The molecule has 2 N–H and O–H groups in total. The maximum absolute atomic E-state index is 14.8. The molecule has 0 aromatic heterocycles. The number of amides is 1. The van der Waals surface area contributed by atoms with Crippen LogP contribution in [-0.2, 0) is 26.0 Å². The topological polar surface area (TPSA) is 112 Å². The zero-order valence-corrected chi connectivity index (χ0v) is 18.4. The fraction of sp³-hybridized carbons (Fsp3) is 0.364. The smallest absolute Gasteiger partial charge is 0.251 e. The van der Waals surface area contributed by atoms with Crippen LogP contribution in [0.15, 0.2) is 41.3 Å². The molecule has 4 rings (SSSR count). The van der Waals surface area contributed by atoms with Gasteiger partial charge in [-0.1, -0.05) is 12.1 Å². The number of nitrogens with one attached hydrogen (secondary N) is 2. The Kier molecular flexibility index (Phi) is 6.71. The number of nitrogens with zero attached hydrogens (tertiary/aromatic N) is 2. The van der Waals surface area contributed by atoms with E-state index in [1.165, 1.54) is 28.6 Å². The van der Waals surface area contributed by atoms with Crippen molar-refractivity contribution in [3.05, 3.63) is 53.6 Å². The Hall–Kier alpha value is -2.91. The third-order valence-electron chi connectivity index (χ3n) is 5.66. The number of hydrogen-bond donors (Lipinski definition) is 2. The molecule has 1 amide bonds. The number of sulfonamides is 1. The van der Waals surface area contributed by atoms with Crippen LogP contribution in [-0.4, -0.2) is 57.1 Å². The van der Waals surface area contributed by atoms with Gasteiger partial charge >= 0.3 is 0 Å². The fourth-order valence-electron chi connectivity index (χ4n) is 3.64. The molecule has 2 aromatic rings. The van der Waals surface area contributed by atoms with Crippen LogP contribution >= 0.6 is 0 Å². The number of hydrogen-bond acceptors (Lipinski definition) is 6. The molecule has 2 fully saturated rings. The summed E-state index contributed by atoms with van der Waals surface area (Å²) in [6.45, 7) is 1.47. The molecule has 2 aromatic carbocycles. The summed E-state index contributed by atoms with van der Waals surface area (Å²) in [5.41, 5.74) is 0.217. The summed E-state index contributed by atoms with van der Waals surface area (Å²) < 4.78 is 61.0. The van der Waals surface area contributed by atoms with E-state index in [1.807, 2.05) is 6.07 Å². The van der Waals surface area contributed by atoms with Gasteiger partial charge in [-0.15, -0.1) is 0 Å². The van der Waals surface area contributed by atoms with Crippen LogP contribution in [0, 0.1) is 23.0 Å². The molecule has 2 heterocycles. The molecule has 0 aliphatic carbocycles. The highest BCUT2D eigenvalue weighted by atomic mass is 32.2. The van der Waals surface area contributed by atoms with E-state index < -0.39 is 39.7 Å². The summed E-state index contributed by atoms with van der Waals surface area (Å²) in [5, 5.41) is 14.7. The molecular weight excluding hydrogens is 454 g/mol. The zero-order valence-electron chi connectivity index (χ0n) is 17.6. The molecule has 0 saturated carbocycles. The van der Waals surface area contributed by atoms with Gasteiger partial charge in [0.1, 0.15) is 23.8 Å². The van der Waals surface area contributed by atoms with Gasteiger partial charge in [0.15, 0.2) is 0 Å².